The Morgan fingerprint density at radius 3 is 3.00 bits per heavy atom. The topological polar surface area (TPSA) is 26.3 Å². The summed E-state index contributed by atoms with van der Waals surface area (Å²) in [5, 5.41) is 0. The Balaban J connectivity index is 1.97. The van der Waals surface area contributed by atoms with Gasteiger partial charge in [0.25, 0.3) is 0 Å². The SMILES string of the molecule is O=C1CCC(c2cccc3c2OCCC3)C1. The van der Waals surface area contributed by atoms with E-state index in [1.807, 2.05) is 0 Å². The van der Waals surface area contributed by atoms with Gasteiger partial charge >= 0.3 is 0 Å². The Bertz CT molecular complexity index is 423. The van der Waals surface area contributed by atoms with Gasteiger partial charge in [-0.15, -0.1) is 0 Å². The van der Waals surface area contributed by atoms with E-state index in [0.29, 0.717) is 18.1 Å². The maximum absolute atomic E-state index is 11.4. The summed E-state index contributed by atoms with van der Waals surface area (Å²) in [6, 6.07) is 6.38. The summed E-state index contributed by atoms with van der Waals surface area (Å²) in [7, 11) is 0. The Morgan fingerprint density at radius 2 is 2.19 bits per heavy atom. The van der Waals surface area contributed by atoms with E-state index in [1.165, 1.54) is 11.1 Å². The lowest BCUT2D eigenvalue weighted by molar-refractivity contribution is -0.117. The summed E-state index contributed by atoms with van der Waals surface area (Å²) in [6.07, 6.45) is 4.68. The van der Waals surface area contributed by atoms with Crippen LogP contribution in [0.3, 0.4) is 0 Å². The van der Waals surface area contributed by atoms with Crippen LogP contribution in [0.5, 0.6) is 5.75 Å². The molecule has 16 heavy (non-hydrogen) atoms. The number of ether oxygens (including phenoxy) is 1. The Morgan fingerprint density at radius 1 is 1.25 bits per heavy atom. The quantitative estimate of drug-likeness (QED) is 0.721. The molecule has 0 aromatic heterocycles. The summed E-state index contributed by atoms with van der Waals surface area (Å²) in [4.78, 5) is 11.4. The van der Waals surface area contributed by atoms with Crippen LogP contribution in [0.2, 0.25) is 0 Å². The van der Waals surface area contributed by atoms with Crippen LogP contribution in [0.15, 0.2) is 18.2 Å². The Kier molecular flexibility index (Phi) is 2.43. The first-order valence-electron chi connectivity index (χ1n) is 6.11. The van der Waals surface area contributed by atoms with Crippen molar-refractivity contribution in [3.05, 3.63) is 29.3 Å². The number of ketones is 1. The normalized spacial score (nSPS) is 24.0. The molecule has 1 atom stereocenters. The third-order valence-corrected chi connectivity index (χ3v) is 3.65. The van der Waals surface area contributed by atoms with Crippen LogP contribution in [0.1, 0.15) is 42.7 Å². The van der Waals surface area contributed by atoms with Crippen molar-refractivity contribution in [2.75, 3.05) is 6.61 Å². The predicted octanol–water partition coefficient (Wildman–Crippen LogP) is 2.85. The highest BCUT2D eigenvalue weighted by atomic mass is 16.5. The molecule has 0 bridgehead atoms. The van der Waals surface area contributed by atoms with E-state index >= 15 is 0 Å². The van der Waals surface area contributed by atoms with Crippen molar-refractivity contribution in [2.45, 2.75) is 38.0 Å². The molecule has 1 unspecified atom stereocenters. The minimum absolute atomic E-state index is 0.401. The first kappa shape index (κ1) is 9.88. The third-order valence-electron chi connectivity index (χ3n) is 3.65. The lowest BCUT2D eigenvalue weighted by Gasteiger charge is -2.22. The van der Waals surface area contributed by atoms with Crippen LogP contribution in [0, 0.1) is 0 Å². The van der Waals surface area contributed by atoms with Crippen LogP contribution < -0.4 is 4.74 Å². The second-order valence-electron chi connectivity index (χ2n) is 4.77. The smallest absolute Gasteiger partial charge is 0.133 e. The second kappa shape index (κ2) is 3.93. The van der Waals surface area contributed by atoms with Crippen LogP contribution in [0.25, 0.3) is 0 Å². The fourth-order valence-electron chi connectivity index (χ4n) is 2.82. The number of para-hydroxylation sites is 1. The fraction of sp³-hybridized carbons (Fsp3) is 0.500. The van der Waals surface area contributed by atoms with Crippen molar-refractivity contribution in [3.8, 4) is 5.75 Å². The number of carbonyl (C=O) groups is 1. The number of benzene rings is 1. The lowest BCUT2D eigenvalue weighted by Crippen LogP contribution is -2.11. The average molecular weight is 216 g/mol. The predicted molar refractivity (Wildman–Crippen MR) is 61.9 cm³/mol. The minimum atomic E-state index is 0.401. The van der Waals surface area contributed by atoms with Crippen LogP contribution in [-0.2, 0) is 11.2 Å². The zero-order valence-electron chi connectivity index (χ0n) is 9.37. The zero-order valence-corrected chi connectivity index (χ0v) is 9.37. The molecule has 1 aromatic carbocycles. The molecule has 1 saturated carbocycles. The van der Waals surface area contributed by atoms with Gasteiger partial charge < -0.3 is 4.74 Å². The molecule has 0 amide bonds. The molecular formula is C14H16O2. The van der Waals surface area contributed by atoms with Crippen molar-refractivity contribution in [1.82, 2.24) is 0 Å². The number of hydrogen-bond acceptors (Lipinski definition) is 2. The van der Waals surface area contributed by atoms with E-state index in [0.717, 1.165) is 38.0 Å². The van der Waals surface area contributed by atoms with Gasteiger partial charge in [0.15, 0.2) is 0 Å². The van der Waals surface area contributed by atoms with Gasteiger partial charge in [-0.2, -0.15) is 0 Å². The monoisotopic (exact) mass is 216 g/mol. The number of carbonyl (C=O) groups excluding carboxylic acids is 1. The van der Waals surface area contributed by atoms with Gasteiger partial charge in [-0.25, -0.2) is 0 Å². The molecule has 1 aliphatic heterocycles. The van der Waals surface area contributed by atoms with Gasteiger partial charge in [-0.05, 0) is 36.3 Å². The largest absolute Gasteiger partial charge is 0.493 e. The van der Waals surface area contributed by atoms with Gasteiger partial charge in [-0.3, -0.25) is 4.79 Å². The van der Waals surface area contributed by atoms with Crippen molar-refractivity contribution in [2.24, 2.45) is 0 Å². The van der Waals surface area contributed by atoms with Crippen LogP contribution in [0.4, 0.5) is 0 Å². The molecule has 1 fully saturated rings. The van der Waals surface area contributed by atoms with Gasteiger partial charge in [0.2, 0.25) is 0 Å². The maximum atomic E-state index is 11.4. The summed E-state index contributed by atoms with van der Waals surface area (Å²) in [6.45, 7) is 0.824. The van der Waals surface area contributed by atoms with Crippen molar-refractivity contribution >= 4 is 5.78 Å². The van der Waals surface area contributed by atoms with E-state index in [2.05, 4.69) is 18.2 Å². The van der Waals surface area contributed by atoms with Gasteiger partial charge in [0.05, 0.1) is 6.61 Å². The molecule has 0 N–H and O–H groups in total. The molecule has 1 aliphatic carbocycles. The molecule has 1 aromatic rings. The minimum Gasteiger partial charge on any atom is -0.493 e. The first-order chi connectivity index (χ1) is 7.84. The van der Waals surface area contributed by atoms with Crippen molar-refractivity contribution < 1.29 is 9.53 Å². The van der Waals surface area contributed by atoms with E-state index in [1.54, 1.807) is 0 Å². The van der Waals surface area contributed by atoms with Crippen molar-refractivity contribution in [3.63, 3.8) is 0 Å². The molecular weight excluding hydrogens is 200 g/mol. The molecule has 0 spiro atoms. The summed E-state index contributed by atoms with van der Waals surface area (Å²) >= 11 is 0. The Labute approximate surface area is 95.6 Å². The maximum Gasteiger partial charge on any atom is 0.133 e. The molecule has 0 radical (unpaired) electrons. The highest BCUT2D eigenvalue weighted by molar-refractivity contribution is 5.82. The number of aryl methyl sites for hydroxylation is 1. The van der Waals surface area contributed by atoms with E-state index < -0.39 is 0 Å². The van der Waals surface area contributed by atoms with Crippen molar-refractivity contribution in [1.29, 1.82) is 0 Å². The molecule has 3 rings (SSSR count). The van der Waals surface area contributed by atoms with Crippen LogP contribution >= 0.6 is 0 Å². The van der Waals surface area contributed by atoms with E-state index in [4.69, 9.17) is 4.74 Å². The first-order valence-corrected chi connectivity index (χ1v) is 6.11. The number of rotatable bonds is 1. The summed E-state index contributed by atoms with van der Waals surface area (Å²) in [5.41, 5.74) is 2.59. The fourth-order valence-corrected chi connectivity index (χ4v) is 2.82. The van der Waals surface area contributed by atoms with Gasteiger partial charge in [-0.1, -0.05) is 18.2 Å². The second-order valence-corrected chi connectivity index (χ2v) is 4.77. The van der Waals surface area contributed by atoms with E-state index in [9.17, 15) is 4.79 Å². The molecule has 1 heterocycles. The summed E-state index contributed by atoms with van der Waals surface area (Å²) in [5.74, 6) is 1.88. The molecule has 2 heteroatoms. The molecule has 2 aliphatic rings. The average Bonchev–Trinajstić information content (AvgIpc) is 2.75. The lowest BCUT2D eigenvalue weighted by atomic mass is 9.92. The van der Waals surface area contributed by atoms with Gasteiger partial charge in [0, 0.05) is 12.8 Å². The zero-order chi connectivity index (χ0) is 11.0. The Hall–Kier alpha value is -1.31. The van der Waals surface area contributed by atoms with Gasteiger partial charge in [0.1, 0.15) is 11.5 Å². The molecule has 0 saturated heterocycles. The molecule has 2 nitrogen and oxygen atoms in total. The third kappa shape index (κ3) is 1.62. The summed E-state index contributed by atoms with van der Waals surface area (Å²) < 4.78 is 5.79. The highest BCUT2D eigenvalue weighted by Gasteiger charge is 2.27. The van der Waals surface area contributed by atoms with Crippen LogP contribution in [-0.4, -0.2) is 12.4 Å². The number of Topliss-reactive ketones (excluding diaryl/α,β-unsaturated/α-hetero) is 1. The standard InChI is InChI=1S/C14H16O2/c15-12-7-6-11(9-12)13-5-1-3-10-4-2-8-16-14(10)13/h1,3,5,11H,2,4,6-9H2. The van der Waals surface area contributed by atoms with E-state index in [-0.39, 0.29) is 0 Å². The number of fused-ring (bicyclic) bond motifs is 1. The number of hydrogen-bond donors (Lipinski definition) is 0. The molecule has 84 valence electrons. The highest BCUT2D eigenvalue weighted by Crippen LogP contribution is 2.40.